The number of anilines is 1. The molecule has 0 aliphatic carbocycles. The molecular formula is C23H24F5N3O5. The van der Waals surface area contributed by atoms with E-state index in [1.54, 1.807) is 0 Å². The van der Waals surface area contributed by atoms with Crippen molar-refractivity contribution in [3.05, 3.63) is 53.4 Å². The van der Waals surface area contributed by atoms with Crippen molar-refractivity contribution in [3.8, 4) is 5.75 Å². The molecule has 1 aromatic carbocycles. The number of nitrogens with one attached hydrogen (secondary N) is 1. The average molecular weight is 517 g/mol. The molecule has 3 rings (SSSR count). The number of aromatic nitrogens is 1. The Bertz CT molecular complexity index is 1150. The molecule has 1 aliphatic heterocycles. The highest BCUT2D eigenvalue weighted by Crippen LogP contribution is 2.55. The lowest BCUT2D eigenvalue weighted by molar-refractivity contribution is -0.272. The van der Waals surface area contributed by atoms with Gasteiger partial charge in [-0.25, -0.2) is 4.39 Å². The fourth-order valence-electron chi connectivity index (χ4n) is 4.06. The van der Waals surface area contributed by atoms with Crippen molar-refractivity contribution in [1.82, 2.24) is 4.98 Å². The van der Waals surface area contributed by atoms with Gasteiger partial charge >= 0.3 is 6.18 Å². The third kappa shape index (κ3) is 5.12. The zero-order chi connectivity index (χ0) is 26.8. The van der Waals surface area contributed by atoms with Gasteiger partial charge in [0.05, 0.1) is 6.61 Å². The summed E-state index contributed by atoms with van der Waals surface area (Å²) in [5.74, 6) is -8.09. The predicted octanol–water partition coefficient (Wildman–Crippen LogP) is 3.56. The molecule has 1 fully saturated rings. The monoisotopic (exact) mass is 517 g/mol. The molecule has 0 spiro atoms. The number of halogens is 5. The fraction of sp³-hybridized carbons (Fsp3) is 0.435. The summed E-state index contributed by atoms with van der Waals surface area (Å²) in [4.78, 5) is 28.3. The Hall–Kier alpha value is -3.32. The third-order valence-corrected chi connectivity index (χ3v) is 6.18. The summed E-state index contributed by atoms with van der Waals surface area (Å²) >= 11 is 0. The van der Waals surface area contributed by atoms with Gasteiger partial charge in [0, 0.05) is 36.4 Å². The maximum Gasteiger partial charge on any atom is 0.417 e. The number of nitrogens with zero attached hydrogens (tertiary/aromatic N) is 1. The second-order valence-electron chi connectivity index (χ2n) is 8.36. The van der Waals surface area contributed by atoms with E-state index in [-0.39, 0.29) is 30.2 Å². The van der Waals surface area contributed by atoms with Crippen LogP contribution in [-0.4, -0.2) is 55.0 Å². The SMILES string of the molecule is COCCOc1c([C@H]2[C@@H](C(=O)Nc3ccnc(C(N)=O)c3)O[C@](C)(C(F)(F)F)[C@@H]2C)ccc(F)c1F. The molecule has 0 unspecified atom stereocenters. The lowest BCUT2D eigenvalue weighted by Crippen LogP contribution is -2.47. The number of alkyl halides is 3. The molecule has 1 aliphatic rings. The Morgan fingerprint density at radius 2 is 1.92 bits per heavy atom. The Morgan fingerprint density at radius 1 is 1.22 bits per heavy atom. The Labute approximate surface area is 202 Å². The van der Waals surface area contributed by atoms with Gasteiger partial charge in [-0.3, -0.25) is 14.6 Å². The van der Waals surface area contributed by atoms with Crippen molar-refractivity contribution in [1.29, 1.82) is 0 Å². The van der Waals surface area contributed by atoms with Crippen LogP contribution in [0, 0.1) is 17.6 Å². The average Bonchev–Trinajstić information content (AvgIpc) is 3.09. The predicted molar refractivity (Wildman–Crippen MR) is 116 cm³/mol. The van der Waals surface area contributed by atoms with Gasteiger partial charge in [0.25, 0.3) is 11.8 Å². The van der Waals surface area contributed by atoms with Crippen LogP contribution in [0.25, 0.3) is 0 Å². The number of amides is 2. The van der Waals surface area contributed by atoms with E-state index >= 15 is 0 Å². The van der Waals surface area contributed by atoms with Crippen molar-refractivity contribution in [2.75, 3.05) is 25.6 Å². The largest absolute Gasteiger partial charge is 0.488 e. The van der Waals surface area contributed by atoms with Crippen molar-refractivity contribution in [2.45, 2.75) is 37.6 Å². The highest BCUT2D eigenvalue weighted by Gasteiger charge is 2.65. The number of nitrogens with two attached hydrogens (primary N) is 1. The number of hydrogen-bond donors (Lipinski definition) is 2. The number of primary amides is 1. The lowest BCUT2D eigenvalue weighted by Gasteiger charge is -2.32. The van der Waals surface area contributed by atoms with Crippen LogP contribution in [0.3, 0.4) is 0 Å². The molecular weight excluding hydrogens is 493 g/mol. The Morgan fingerprint density at radius 3 is 2.53 bits per heavy atom. The van der Waals surface area contributed by atoms with Gasteiger partial charge in [-0.2, -0.15) is 17.6 Å². The highest BCUT2D eigenvalue weighted by atomic mass is 19.4. The molecule has 196 valence electrons. The van der Waals surface area contributed by atoms with E-state index in [1.807, 2.05) is 0 Å². The van der Waals surface area contributed by atoms with Gasteiger partial charge < -0.3 is 25.3 Å². The number of ether oxygens (including phenoxy) is 3. The standard InChI is InChI=1S/C23H24F5N3O5/c1-11-16(13-4-5-14(24)17(25)18(13)35-9-8-34-3)19(36-22(11,2)23(26,27)28)21(33)31-12-6-7-30-15(10-12)20(29)32/h4-7,10-11,16,19H,8-9H2,1-3H3,(H2,29,32)(H,30,31,33)/t11-,16+,19+,22+/m1/s1. The first kappa shape index (κ1) is 27.3. The molecule has 0 saturated carbocycles. The summed E-state index contributed by atoms with van der Waals surface area (Å²) in [6, 6.07) is 4.22. The molecule has 36 heavy (non-hydrogen) atoms. The van der Waals surface area contributed by atoms with Gasteiger partial charge in [-0.15, -0.1) is 0 Å². The molecule has 1 saturated heterocycles. The van der Waals surface area contributed by atoms with Crippen molar-refractivity contribution < 1.29 is 45.8 Å². The van der Waals surface area contributed by atoms with E-state index < -0.39 is 58.9 Å². The molecule has 13 heteroatoms. The summed E-state index contributed by atoms with van der Waals surface area (Å²) in [6.45, 7) is 1.73. The maximum absolute atomic E-state index is 14.7. The number of benzene rings is 1. The van der Waals surface area contributed by atoms with Crippen molar-refractivity contribution >= 4 is 17.5 Å². The van der Waals surface area contributed by atoms with Crippen LogP contribution in [0.2, 0.25) is 0 Å². The van der Waals surface area contributed by atoms with Crippen LogP contribution in [0.15, 0.2) is 30.5 Å². The summed E-state index contributed by atoms with van der Waals surface area (Å²) in [7, 11) is 1.34. The van der Waals surface area contributed by atoms with Crippen molar-refractivity contribution in [3.63, 3.8) is 0 Å². The second kappa shape index (κ2) is 10.3. The van der Waals surface area contributed by atoms with Gasteiger partial charge in [-0.05, 0) is 25.1 Å². The number of pyridine rings is 1. The lowest BCUT2D eigenvalue weighted by atomic mass is 9.77. The van der Waals surface area contributed by atoms with E-state index in [0.29, 0.717) is 0 Å². The smallest absolute Gasteiger partial charge is 0.417 e. The topological polar surface area (TPSA) is 113 Å². The number of carbonyl (C=O) groups is 2. The van der Waals surface area contributed by atoms with Crippen LogP contribution in [0.1, 0.15) is 35.8 Å². The van der Waals surface area contributed by atoms with Gasteiger partial charge in [0.15, 0.2) is 17.2 Å². The molecule has 2 aromatic rings. The number of rotatable bonds is 8. The van der Waals surface area contributed by atoms with Crippen LogP contribution in [0.4, 0.5) is 27.6 Å². The van der Waals surface area contributed by atoms with Gasteiger partial charge in [0.2, 0.25) is 5.82 Å². The van der Waals surface area contributed by atoms with E-state index in [1.165, 1.54) is 26.3 Å². The first-order valence-electron chi connectivity index (χ1n) is 10.7. The minimum absolute atomic E-state index is 0.0134. The molecule has 3 N–H and O–H groups in total. The van der Waals surface area contributed by atoms with E-state index in [4.69, 9.17) is 19.9 Å². The number of carbonyl (C=O) groups excluding carboxylic acids is 2. The molecule has 4 atom stereocenters. The zero-order valence-corrected chi connectivity index (χ0v) is 19.5. The summed E-state index contributed by atoms with van der Waals surface area (Å²) in [6.07, 6.45) is -5.54. The fourth-order valence-corrected chi connectivity index (χ4v) is 4.06. The van der Waals surface area contributed by atoms with Crippen LogP contribution in [0.5, 0.6) is 5.75 Å². The third-order valence-electron chi connectivity index (χ3n) is 6.18. The molecule has 1 aromatic heterocycles. The maximum atomic E-state index is 14.7. The summed E-state index contributed by atoms with van der Waals surface area (Å²) in [5, 5.41) is 2.38. The van der Waals surface area contributed by atoms with E-state index in [0.717, 1.165) is 25.1 Å². The molecule has 2 amide bonds. The Balaban J connectivity index is 2.07. The first-order chi connectivity index (χ1) is 16.8. The minimum atomic E-state index is -4.91. The minimum Gasteiger partial charge on any atom is -0.488 e. The van der Waals surface area contributed by atoms with Gasteiger partial charge in [0.1, 0.15) is 18.4 Å². The molecule has 2 heterocycles. The summed E-state index contributed by atoms with van der Waals surface area (Å²) < 4.78 is 86.5. The first-order valence-corrected chi connectivity index (χ1v) is 10.7. The van der Waals surface area contributed by atoms with Crippen LogP contribution >= 0.6 is 0 Å². The number of methoxy groups -OCH3 is 1. The quantitative estimate of drug-likeness (QED) is 0.409. The zero-order valence-electron chi connectivity index (χ0n) is 19.5. The Kier molecular flexibility index (Phi) is 7.84. The number of hydrogen-bond acceptors (Lipinski definition) is 6. The highest BCUT2D eigenvalue weighted by molar-refractivity contribution is 5.97. The second-order valence-corrected chi connectivity index (χ2v) is 8.36. The molecule has 8 nitrogen and oxygen atoms in total. The summed E-state index contributed by atoms with van der Waals surface area (Å²) in [5.41, 5.74) is 2.00. The van der Waals surface area contributed by atoms with Crippen LogP contribution < -0.4 is 15.8 Å². The molecule has 0 radical (unpaired) electrons. The molecule has 0 bridgehead atoms. The van der Waals surface area contributed by atoms with Gasteiger partial charge in [-0.1, -0.05) is 13.0 Å². The van der Waals surface area contributed by atoms with Crippen molar-refractivity contribution in [2.24, 2.45) is 11.7 Å². The van der Waals surface area contributed by atoms with Crippen LogP contribution in [-0.2, 0) is 14.3 Å². The van der Waals surface area contributed by atoms with E-state index in [9.17, 15) is 31.5 Å². The van der Waals surface area contributed by atoms with E-state index in [2.05, 4.69) is 10.3 Å². The normalized spacial score (nSPS) is 23.9.